The second-order valence-electron chi connectivity index (χ2n) is 7.19. The van der Waals surface area contributed by atoms with Crippen LogP contribution in [-0.2, 0) is 11.3 Å². The highest BCUT2D eigenvalue weighted by molar-refractivity contribution is 5.91. The summed E-state index contributed by atoms with van der Waals surface area (Å²) in [5.74, 6) is 0.986. The Bertz CT molecular complexity index is 735. The molecule has 0 fully saturated rings. The zero-order valence-electron chi connectivity index (χ0n) is 17.2. The minimum absolute atomic E-state index is 0.00434. The molecule has 0 atom stereocenters. The van der Waals surface area contributed by atoms with Crippen molar-refractivity contribution in [3.8, 4) is 5.75 Å². The van der Waals surface area contributed by atoms with E-state index in [4.69, 9.17) is 4.74 Å². The lowest BCUT2D eigenvalue weighted by Crippen LogP contribution is -2.22. The number of carbonyl (C=O) groups excluding carboxylic acids is 1. The summed E-state index contributed by atoms with van der Waals surface area (Å²) < 4.78 is 5.80. The number of anilines is 1. The maximum Gasteiger partial charge on any atom is 0.262 e. The molecule has 27 heavy (non-hydrogen) atoms. The monoisotopic (exact) mass is 368 g/mol. The Labute approximate surface area is 163 Å². The molecule has 0 saturated carbocycles. The van der Waals surface area contributed by atoms with Gasteiger partial charge in [-0.1, -0.05) is 52.0 Å². The van der Waals surface area contributed by atoms with Gasteiger partial charge in [0.15, 0.2) is 6.61 Å². The van der Waals surface area contributed by atoms with Crippen LogP contribution >= 0.6 is 0 Å². The lowest BCUT2D eigenvalue weighted by atomic mass is 10.0. The zero-order valence-corrected chi connectivity index (χ0v) is 17.2. The van der Waals surface area contributed by atoms with Crippen LogP contribution in [0.2, 0.25) is 0 Å². The van der Waals surface area contributed by atoms with E-state index in [1.807, 2.05) is 25.1 Å². The number of aryl methyl sites for hydroxylation is 1. The molecule has 2 aromatic rings. The van der Waals surface area contributed by atoms with Gasteiger partial charge in [0.2, 0.25) is 0 Å². The highest BCUT2D eigenvalue weighted by Crippen LogP contribution is 2.27. The van der Waals surface area contributed by atoms with Crippen LogP contribution in [0.4, 0.5) is 5.69 Å². The summed E-state index contributed by atoms with van der Waals surface area (Å²) in [6, 6.07) is 14.2. The lowest BCUT2D eigenvalue weighted by Gasteiger charge is -2.18. The summed E-state index contributed by atoms with van der Waals surface area (Å²) in [4.78, 5) is 14.6. The molecule has 0 aliphatic rings. The van der Waals surface area contributed by atoms with Crippen molar-refractivity contribution in [2.45, 2.75) is 47.1 Å². The first kappa shape index (κ1) is 21.0. The number of nitrogens with zero attached hydrogens (tertiary/aromatic N) is 1. The van der Waals surface area contributed by atoms with E-state index in [-0.39, 0.29) is 12.5 Å². The van der Waals surface area contributed by atoms with Crippen LogP contribution in [0.25, 0.3) is 0 Å². The number of hydrogen-bond donors (Lipinski definition) is 1. The van der Waals surface area contributed by atoms with Crippen LogP contribution in [-0.4, -0.2) is 30.5 Å². The minimum Gasteiger partial charge on any atom is -0.483 e. The third-order valence-electron chi connectivity index (χ3n) is 4.69. The fraction of sp³-hybridized carbons (Fsp3) is 0.435. The van der Waals surface area contributed by atoms with Gasteiger partial charge in [0.05, 0.1) is 0 Å². The van der Waals surface area contributed by atoms with Crippen molar-refractivity contribution in [1.29, 1.82) is 0 Å². The van der Waals surface area contributed by atoms with E-state index in [9.17, 15) is 4.79 Å². The Morgan fingerprint density at radius 2 is 1.74 bits per heavy atom. The molecule has 0 aromatic heterocycles. The topological polar surface area (TPSA) is 41.6 Å². The molecule has 0 heterocycles. The van der Waals surface area contributed by atoms with E-state index in [2.05, 4.69) is 62.2 Å². The molecule has 2 rings (SSSR count). The van der Waals surface area contributed by atoms with Gasteiger partial charge < -0.3 is 10.1 Å². The number of carbonyl (C=O) groups is 1. The predicted octanol–water partition coefficient (Wildman–Crippen LogP) is 4.98. The summed E-state index contributed by atoms with van der Waals surface area (Å²) in [6.07, 6.45) is 0. The van der Waals surface area contributed by atoms with Crippen LogP contribution < -0.4 is 10.1 Å². The van der Waals surface area contributed by atoms with Gasteiger partial charge in [-0.05, 0) is 60.8 Å². The summed E-state index contributed by atoms with van der Waals surface area (Å²) in [5.41, 5.74) is 4.28. The summed E-state index contributed by atoms with van der Waals surface area (Å²) in [7, 11) is 0. The van der Waals surface area contributed by atoms with Gasteiger partial charge in [-0.15, -0.1) is 0 Å². The van der Waals surface area contributed by atoms with Crippen molar-refractivity contribution in [2.75, 3.05) is 25.0 Å². The molecule has 0 spiro atoms. The Morgan fingerprint density at radius 1 is 1.07 bits per heavy atom. The Kier molecular flexibility index (Phi) is 7.86. The van der Waals surface area contributed by atoms with Crippen LogP contribution in [0.3, 0.4) is 0 Å². The summed E-state index contributed by atoms with van der Waals surface area (Å²) in [5, 5.41) is 2.91. The van der Waals surface area contributed by atoms with Crippen molar-refractivity contribution < 1.29 is 9.53 Å². The molecular formula is C23H32N2O2. The largest absolute Gasteiger partial charge is 0.483 e. The second kappa shape index (κ2) is 10.1. The number of amides is 1. The molecule has 0 aliphatic carbocycles. The van der Waals surface area contributed by atoms with E-state index in [0.29, 0.717) is 5.92 Å². The molecule has 1 amide bonds. The van der Waals surface area contributed by atoms with Crippen molar-refractivity contribution in [3.63, 3.8) is 0 Å². The quantitative estimate of drug-likeness (QED) is 0.679. The molecule has 1 N–H and O–H groups in total. The smallest absolute Gasteiger partial charge is 0.262 e. The SMILES string of the molecule is CCN(CC)Cc1ccc(NC(=O)COc2cc(C)ccc2C(C)C)cc1. The van der Waals surface area contributed by atoms with E-state index in [0.717, 1.165) is 42.2 Å². The predicted molar refractivity (Wildman–Crippen MR) is 112 cm³/mol. The third kappa shape index (κ3) is 6.40. The first-order valence-corrected chi connectivity index (χ1v) is 9.77. The summed E-state index contributed by atoms with van der Waals surface area (Å²) >= 11 is 0. The zero-order chi connectivity index (χ0) is 19.8. The van der Waals surface area contributed by atoms with Gasteiger partial charge in [0.1, 0.15) is 5.75 Å². The molecular weight excluding hydrogens is 336 g/mol. The van der Waals surface area contributed by atoms with Crippen LogP contribution in [0.15, 0.2) is 42.5 Å². The standard InChI is InChI=1S/C23H32N2O2/c1-6-25(7-2)15-19-9-11-20(12-10-19)24-23(26)16-27-22-14-18(5)8-13-21(22)17(3)4/h8-14,17H,6-7,15-16H2,1-5H3,(H,24,26). The Balaban J connectivity index is 1.92. The first-order chi connectivity index (χ1) is 12.9. The highest BCUT2D eigenvalue weighted by atomic mass is 16.5. The van der Waals surface area contributed by atoms with Crippen LogP contribution in [0.1, 0.15) is 50.3 Å². The Morgan fingerprint density at radius 3 is 2.33 bits per heavy atom. The van der Waals surface area contributed by atoms with Gasteiger partial charge in [-0.2, -0.15) is 0 Å². The number of benzene rings is 2. The normalized spacial score (nSPS) is 11.1. The van der Waals surface area contributed by atoms with Crippen molar-refractivity contribution >= 4 is 11.6 Å². The van der Waals surface area contributed by atoms with Gasteiger partial charge in [0.25, 0.3) is 5.91 Å². The Hall–Kier alpha value is -2.33. The van der Waals surface area contributed by atoms with Crippen molar-refractivity contribution in [3.05, 3.63) is 59.2 Å². The van der Waals surface area contributed by atoms with Crippen LogP contribution in [0.5, 0.6) is 5.75 Å². The maximum atomic E-state index is 12.3. The van der Waals surface area contributed by atoms with Crippen LogP contribution in [0, 0.1) is 6.92 Å². The fourth-order valence-electron chi connectivity index (χ4n) is 2.98. The average molecular weight is 369 g/mol. The summed E-state index contributed by atoms with van der Waals surface area (Å²) in [6.45, 7) is 13.6. The molecule has 2 aromatic carbocycles. The van der Waals surface area contributed by atoms with E-state index < -0.39 is 0 Å². The van der Waals surface area contributed by atoms with E-state index in [1.54, 1.807) is 0 Å². The second-order valence-corrected chi connectivity index (χ2v) is 7.19. The lowest BCUT2D eigenvalue weighted by molar-refractivity contribution is -0.118. The fourth-order valence-corrected chi connectivity index (χ4v) is 2.98. The molecule has 4 nitrogen and oxygen atoms in total. The minimum atomic E-state index is -0.150. The molecule has 0 saturated heterocycles. The van der Waals surface area contributed by atoms with Gasteiger partial charge in [-0.3, -0.25) is 9.69 Å². The molecule has 0 radical (unpaired) electrons. The highest BCUT2D eigenvalue weighted by Gasteiger charge is 2.10. The van der Waals surface area contributed by atoms with Crippen molar-refractivity contribution in [2.24, 2.45) is 0 Å². The molecule has 0 unspecified atom stereocenters. The van der Waals surface area contributed by atoms with Gasteiger partial charge in [0, 0.05) is 12.2 Å². The van der Waals surface area contributed by atoms with E-state index >= 15 is 0 Å². The van der Waals surface area contributed by atoms with Crippen molar-refractivity contribution in [1.82, 2.24) is 4.90 Å². The number of rotatable bonds is 9. The van der Waals surface area contributed by atoms with E-state index in [1.165, 1.54) is 5.56 Å². The number of ether oxygens (including phenoxy) is 1. The molecule has 0 bridgehead atoms. The third-order valence-corrected chi connectivity index (χ3v) is 4.69. The maximum absolute atomic E-state index is 12.3. The van der Waals surface area contributed by atoms with Gasteiger partial charge in [-0.25, -0.2) is 0 Å². The molecule has 4 heteroatoms. The number of hydrogen-bond acceptors (Lipinski definition) is 3. The first-order valence-electron chi connectivity index (χ1n) is 9.77. The molecule has 0 aliphatic heterocycles. The average Bonchev–Trinajstić information content (AvgIpc) is 2.65. The van der Waals surface area contributed by atoms with Gasteiger partial charge >= 0.3 is 0 Å². The number of nitrogens with one attached hydrogen (secondary N) is 1. The molecule has 146 valence electrons.